The average molecular weight is 459 g/mol. The summed E-state index contributed by atoms with van der Waals surface area (Å²) >= 11 is 0. The van der Waals surface area contributed by atoms with Crippen molar-refractivity contribution in [2.45, 2.75) is 0 Å². The van der Waals surface area contributed by atoms with Crippen molar-refractivity contribution in [2.75, 3.05) is 0 Å². The first-order chi connectivity index (χ1) is 17.9. The molecule has 0 aliphatic carbocycles. The summed E-state index contributed by atoms with van der Waals surface area (Å²) in [7, 11) is 0. The van der Waals surface area contributed by atoms with Gasteiger partial charge in [0.25, 0.3) is 0 Å². The summed E-state index contributed by atoms with van der Waals surface area (Å²) in [6.45, 7) is 0. The van der Waals surface area contributed by atoms with Gasteiger partial charge in [-0.2, -0.15) is 0 Å². The minimum atomic E-state index is 0.841. The summed E-state index contributed by atoms with van der Waals surface area (Å²) in [4.78, 5) is 5.17. The molecule has 3 heteroatoms. The Hall–Kier alpha value is -4.89. The molecule has 9 rings (SSSR count). The van der Waals surface area contributed by atoms with E-state index in [0.717, 1.165) is 39.6 Å². The Morgan fingerprint density at radius 1 is 0.528 bits per heavy atom. The van der Waals surface area contributed by atoms with Crippen molar-refractivity contribution < 1.29 is 4.74 Å². The molecule has 0 fully saturated rings. The van der Waals surface area contributed by atoms with Crippen LogP contribution in [-0.4, -0.2) is 9.55 Å². The predicted octanol–water partition coefficient (Wildman–Crippen LogP) is 8.85. The lowest BCUT2D eigenvalue weighted by molar-refractivity contribution is 0.476. The molecule has 1 aliphatic heterocycles. The topological polar surface area (TPSA) is 27.1 Å². The zero-order valence-corrected chi connectivity index (χ0v) is 19.2. The van der Waals surface area contributed by atoms with Crippen LogP contribution < -0.4 is 4.74 Å². The van der Waals surface area contributed by atoms with E-state index < -0.39 is 0 Å². The highest BCUT2D eigenvalue weighted by Crippen LogP contribution is 2.46. The van der Waals surface area contributed by atoms with E-state index >= 15 is 0 Å². The minimum Gasteiger partial charge on any atom is -0.453 e. The maximum Gasteiger partial charge on any atom is 0.153 e. The molecule has 0 saturated carbocycles. The number of hydrogen-bond acceptors (Lipinski definition) is 2. The smallest absolute Gasteiger partial charge is 0.153 e. The molecule has 0 N–H and O–H groups in total. The molecular weight excluding hydrogens is 440 g/mol. The third-order valence-electron chi connectivity index (χ3n) is 7.73. The van der Waals surface area contributed by atoms with Crippen molar-refractivity contribution >= 4 is 54.1 Å². The van der Waals surface area contributed by atoms with Gasteiger partial charge in [-0.15, -0.1) is 0 Å². The van der Waals surface area contributed by atoms with Gasteiger partial charge in [-0.3, -0.25) is 4.57 Å². The second-order valence-electron chi connectivity index (χ2n) is 9.56. The van der Waals surface area contributed by atoms with Crippen molar-refractivity contribution in [1.82, 2.24) is 9.55 Å². The molecule has 1 aliphatic rings. The summed E-state index contributed by atoms with van der Waals surface area (Å²) in [6, 6.07) is 38.8. The Bertz CT molecular complexity index is 2140. The normalized spacial score (nSPS) is 12.7. The lowest BCUT2D eigenvalue weighted by Gasteiger charge is -2.21. The second kappa shape index (κ2) is 6.41. The Morgan fingerprint density at radius 2 is 1.19 bits per heavy atom. The molecule has 0 radical (unpaired) electrons. The highest BCUT2D eigenvalue weighted by molar-refractivity contribution is 6.34. The molecule has 36 heavy (non-hydrogen) atoms. The van der Waals surface area contributed by atoms with Gasteiger partial charge in [0.1, 0.15) is 11.3 Å². The highest BCUT2D eigenvalue weighted by Gasteiger charge is 2.26. The molecule has 0 atom stereocenters. The van der Waals surface area contributed by atoms with Crippen LogP contribution in [0.1, 0.15) is 0 Å². The van der Waals surface area contributed by atoms with Crippen molar-refractivity contribution in [3.63, 3.8) is 0 Å². The number of imidazole rings is 1. The van der Waals surface area contributed by atoms with Crippen LogP contribution in [-0.2, 0) is 0 Å². The maximum absolute atomic E-state index is 6.26. The fourth-order valence-corrected chi connectivity index (χ4v) is 6.28. The zero-order valence-electron chi connectivity index (χ0n) is 19.2. The lowest BCUT2D eigenvalue weighted by atomic mass is 9.88. The molecule has 2 heterocycles. The third kappa shape index (κ3) is 2.16. The fourth-order valence-electron chi connectivity index (χ4n) is 6.28. The van der Waals surface area contributed by atoms with Crippen molar-refractivity contribution in [3.05, 3.63) is 109 Å². The quantitative estimate of drug-likeness (QED) is 0.181. The van der Waals surface area contributed by atoms with Crippen LogP contribution >= 0.6 is 0 Å². The van der Waals surface area contributed by atoms with Gasteiger partial charge in [0.05, 0.1) is 11.2 Å². The number of ether oxygens (including phenoxy) is 1. The Balaban J connectivity index is 1.47. The molecule has 0 bridgehead atoms. The molecule has 1 aromatic heterocycles. The van der Waals surface area contributed by atoms with E-state index in [1.165, 1.54) is 43.1 Å². The van der Waals surface area contributed by atoms with Gasteiger partial charge < -0.3 is 4.74 Å². The number of rotatable bonds is 1. The Labute approximate surface area is 206 Å². The molecule has 3 nitrogen and oxygen atoms in total. The first-order valence-corrected chi connectivity index (χ1v) is 12.2. The summed E-state index contributed by atoms with van der Waals surface area (Å²) in [5.41, 5.74) is 4.10. The first kappa shape index (κ1) is 18.4. The van der Waals surface area contributed by atoms with E-state index in [9.17, 15) is 0 Å². The van der Waals surface area contributed by atoms with Crippen molar-refractivity contribution in [1.29, 1.82) is 0 Å². The van der Waals surface area contributed by atoms with Gasteiger partial charge in [0, 0.05) is 5.56 Å². The number of hydrogen-bond donors (Lipinski definition) is 0. The van der Waals surface area contributed by atoms with Crippen LogP contribution in [0.2, 0.25) is 0 Å². The van der Waals surface area contributed by atoms with E-state index in [1.54, 1.807) is 0 Å². The predicted molar refractivity (Wildman–Crippen MR) is 148 cm³/mol. The molecule has 166 valence electrons. The Kier molecular flexibility index (Phi) is 3.28. The fraction of sp³-hybridized carbons (Fsp3) is 0. The SMILES string of the molecule is c1ccc2c(c1)Oc1cccc3nc(-c4ccc5c6cccc7cccc(c8cccc4c85)c76)n-2c13. The van der Waals surface area contributed by atoms with Crippen LogP contribution in [0, 0.1) is 0 Å². The summed E-state index contributed by atoms with van der Waals surface area (Å²) in [5.74, 6) is 2.63. The van der Waals surface area contributed by atoms with E-state index in [2.05, 4.69) is 89.5 Å². The van der Waals surface area contributed by atoms with Crippen LogP contribution in [0.3, 0.4) is 0 Å². The zero-order chi connectivity index (χ0) is 23.4. The summed E-state index contributed by atoms with van der Waals surface area (Å²) in [5, 5.41) is 10.3. The highest BCUT2D eigenvalue weighted by atomic mass is 16.5. The molecule has 0 unspecified atom stereocenters. The van der Waals surface area contributed by atoms with Crippen LogP contribution in [0.5, 0.6) is 11.5 Å². The van der Waals surface area contributed by atoms with Crippen molar-refractivity contribution in [2.24, 2.45) is 0 Å². The van der Waals surface area contributed by atoms with E-state index in [1.807, 2.05) is 24.3 Å². The van der Waals surface area contributed by atoms with Crippen LogP contribution in [0.4, 0.5) is 0 Å². The van der Waals surface area contributed by atoms with Gasteiger partial charge in [-0.1, -0.05) is 78.9 Å². The van der Waals surface area contributed by atoms with Crippen LogP contribution in [0.15, 0.2) is 109 Å². The van der Waals surface area contributed by atoms with Gasteiger partial charge in [0.2, 0.25) is 0 Å². The number of fused-ring (bicyclic) bond motifs is 4. The number of aromatic nitrogens is 2. The number of para-hydroxylation sites is 3. The Morgan fingerprint density at radius 3 is 2.06 bits per heavy atom. The molecule has 0 amide bonds. The van der Waals surface area contributed by atoms with Crippen molar-refractivity contribution in [3.8, 4) is 28.6 Å². The molecular formula is C33H18N2O. The lowest BCUT2D eigenvalue weighted by Crippen LogP contribution is -2.05. The minimum absolute atomic E-state index is 0.841. The van der Waals surface area contributed by atoms with Crippen LogP contribution in [0.25, 0.3) is 71.2 Å². The van der Waals surface area contributed by atoms with Gasteiger partial charge >= 0.3 is 0 Å². The summed E-state index contributed by atoms with van der Waals surface area (Å²) < 4.78 is 8.53. The molecule has 0 spiro atoms. The van der Waals surface area contributed by atoms with Gasteiger partial charge in [0.15, 0.2) is 11.5 Å². The van der Waals surface area contributed by atoms with E-state index in [0.29, 0.717) is 0 Å². The monoisotopic (exact) mass is 458 g/mol. The number of nitrogens with zero attached hydrogens (tertiary/aromatic N) is 2. The standard InChI is InChI=1S/C33H18N2O/c1-2-15-28-27(14-1)35-32-26(13-6-16-29(32)36-28)34-33(35)25-18-17-24-21-10-4-8-19-7-3-9-20(30(19)21)22-11-5-12-23(25)31(22)24/h1-18H. The van der Waals surface area contributed by atoms with Gasteiger partial charge in [-0.05, 0) is 73.4 Å². The van der Waals surface area contributed by atoms with E-state index in [-0.39, 0.29) is 0 Å². The van der Waals surface area contributed by atoms with E-state index in [4.69, 9.17) is 9.72 Å². The third-order valence-corrected chi connectivity index (χ3v) is 7.73. The largest absolute Gasteiger partial charge is 0.453 e. The van der Waals surface area contributed by atoms with Gasteiger partial charge in [-0.25, -0.2) is 4.98 Å². The number of benzene rings is 7. The first-order valence-electron chi connectivity index (χ1n) is 12.2. The molecule has 8 aromatic rings. The molecule has 7 aromatic carbocycles. The summed E-state index contributed by atoms with van der Waals surface area (Å²) in [6.07, 6.45) is 0. The maximum atomic E-state index is 6.26. The molecule has 0 saturated heterocycles. The second-order valence-corrected chi connectivity index (χ2v) is 9.56. The average Bonchev–Trinajstić information content (AvgIpc) is 3.32.